The van der Waals surface area contributed by atoms with Gasteiger partial charge in [-0.25, -0.2) is 0 Å². The second-order valence-electron chi connectivity index (χ2n) is 4.77. The Morgan fingerprint density at radius 1 is 1.58 bits per heavy atom. The van der Waals surface area contributed by atoms with E-state index in [2.05, 4.69) is 0 Å². The number of aliphatic hydroxyl groups excluding tert-OH is 1. The average Bonchev–Trinajstić information content (AvgIpc) is 2.89. The Bertz CT molecular complexity index is 462. The van der Waals surface area contributed by atoms with E-state index >= 15 is 0 Å². The maximum absolute atomic E-state index is 12.3. The van der Waals surface area contributed by atoms with Crippen molar-refractivity contribution in [2.45, 2.75) is 13.3 Å². The molecule has 1 aromatic rings. The van der Waals surface area contributed by atoms with Crippen molar-refractivity contribution >= 4 is 11.6 Å². The number of carbonyl (C=O) groups excluding carboxylic acids is 1. The SMILES string of the molecule is CCOc1ccc(C(=O)N2CCC(CO)C2)cc1N. The van der Waals surface area contributed by atoms with Gasteiger partial charge in [0, 0.05) is 31.2 Å². The van der Waals surface area contributed by atoms with E-state index in [1.165, 1.54) is 0 Å². The highest BCUT2D eigenvalue weighted by Gasteiger charge is 2.26. The number of anilines is 1. The first-order valence-electron chi connectivity index (χ1n) is 6.58. The van der Waals surface area contributed by atoms with Crippen LogP contribution < -0.4 is 10.5 Å². The molecule has 104 valence electrons. The number of likely N-dealkylation sites (tertiary alicyclic amines) is 1. The van der Waals surface area contributed by atoms with Crippen LogP contribution in [-0.2, 0) is 0 Å². The van der Waals surface area contributed by atoms with Crippen LogP contribution in [0.1, 0.15) is 23.7 Å². The fourth-order valence-electron chi connectivity index (χ4n) is 2.32. The van der Waals surface area contributed by atoms with Crippen molar-refractivity contribution in [2.24, 2.45) is 5.92 Å². The molecular weight excluding hydrogens is 244 g/mol. The second-order valence-corrected chi connectivity index (χ2v) is 4.77. The summed E-state index contributed by atoms with van der Waals surface area (Å²) in [4.78, 5) is 14.0. The van der Waals surface area contributed by atoms with Crippen molar-refractivity contribution in [3.05, 3.63) is 23.8 Å². The van der Waals surface area contributed by atoms with Gasteiger partial charge in [0.1, 0.15) is 5.75 Å². The smallest absolute Gasteiger partial charge is 0.253 e. The Balaban J connectivity index is 2.09. The summed E-state index contributed by atoms with van der Waals surface area (Å²) in [5.74, 6) is 0.767. The third-order valence-electron chi connectivity index (χ3n) is 3.39. The number of nitrogen functional groups attached to an aromatic ring is 1. The van der Waals surface area contributed by atoms with Crippen molar-refractivity contribution in [3.63, 3.8) is 0 Å². The molecule has 0 aliphatic carbocycles. The summed E-state index contributed by atoms with van der Waals surface area (Å²) in [6.45, 7) is 3.87. The number of benzene rings is 1. The summed E-state index contributed by atoms with van der Waals surface area (Å²) >= 11 is 0. The molecule has 1 aliphatic rings. The zero-order valence-electron chi connectivity index (χ0n) is 11.1. The van der Waals surface area contributed by atoms with E-state index in [1.807, 2.05) is 6.92 Å². The van der Waals surface area contributed by atoms with Crippen LogP contribution in [0.5, 0.6) is 5.75 Å². The number of carbonyl (C=O) groups is 1. The number of nitrogens with zero attached hydrogens (tertiary/aromatic N) is 1. The summed E-state index contributed by atoms with van der Waals surface area (Å²) < 4.78 is 5.35. The zero-order chi connectivity index (χ0) is 13.8. The molecule has 0 bridgehead atoms. The summed E-state index contributed by atoms with van der Waals surface area (Å²) in [7, 11) is 0. The molecule has 1 atom stereocenters. The van der Waals surface area contributed by atoms with Crippen LogP contribution in [0, 0.1) is 5.92 Å². The second kappa shape index (κ2) is 5.93. The van der Waals surface area contributed by atoms with Gasteiger partial charge in [0.05, 0.1) is 12.3 Å². The molecule has 19 heavy (non-hydrogen) atoms. The van der Waals surface area contributed by atoms with Crippen LogP contribution in [0.15, 0.2) is 18.2 Å². The highest BCUT2D eigenvalue weighted by molar-refractivity contribution is 5.95. The predicted molar refractivity (Wildman–Crippen MR) is 73.1 cm³/mol. The van der Waals surface area contributed by atoms with Crippen molar-refractivity contribution in [1.29, 1.82) is 0 Å². The Morgan fingerprint density at radius 3 is 2.95 bits per heavy atom. The van der Waals surface area contributed by atoms with Crippen molar-refractivity contribution in [2.75, 3.05) is 32.0 Å². The lowest BCUT2D eigenvalue weighted by Gasteiger charge is -2.17. The highest BCUT2D eigenvalue weighted by atomic mass is 16.5. The van der Waals surface area contributed by atoms with Gasteiger partial charge in [-0.1, -0.05) is 0 Å². The van der Waals surface area contributed by atoms with Gasteiger partial charge in [-0.3, -0.25) is 4.79 Å². The van der Waals surface area contributed by atoms with E-state index in [0.717, 1.165) is 6.42 Å². The monoisotopic (exact) mass is 264 g/mol. The van der Waals surface area contributed by atoms with Gasteiger partial charge in [-0.05, 0) is 31.5 Å². The minimum absolute atomic E-state index is 0.0364. The first-order valence-corrected chi connectivity index (χ1v) is 6.58. The average molecular weight is 264 g/mol. The third kappa shape index (κ3) is 2.98. The lowest BCUT2D eigenvalue weighted by atomic mass is 10.1. The number of hydrogen-bond donors (Lipinski definition) is 2. The lowest BCUT2D eigenvalue weighted by Crippen LogP contribution is -2.29. The molecule has 5 nitrogen and oxygen atoms in total. The normalized spacial score (nSPS) is 18.6. The van der Waals surface area contributed by atoms with Crippen LogP contribution in [0.4, 0.5) is 5.69 Å². The van der Waals surface area contributed by atoms with E-state index < -0.39 is 0 Å². The largest absolute Gasteiger partial charge is 0.492 e. The molecule has 0 saturated carbocycles. The lowest BCUT2D eigenvalue weighted by molar-refractivity contribution is 0.0782. The van der Waals surface area contributed by atoms with E-state index in [-0.39, 0.29) is 18.4 Å². The van der Waals surface area contributed by atoms with Crippen LogP contribution in [0.25, 0.3) is 0 Å². The van der Waals surface area contributed by atoms with Crippen LogP contribution >= 0.6 is 0 Å². The molecule has 1 amide bonds. The van der Waals surface area contributed by atoms with Crippen LogP contribution in [0.3, 0.4) is 0 Å². The maximum Gasteiger partial charge on any atom is 0.253 e. The quantitative estimate of drug-likeness (QED) is 0.799. The maximum atomic E-state index is 12.3. The van der Waals surface area contributed by atoms with Gasteiger partial charge in [0.15, 0.2) is 0 Å². The van der Waals surface area contributed by atoms with E-state index in [1.54, 1.807) is 23.1 Å². The summed E-state index contributed by atoms with van der Waals surface area (Å²) in [6.07, 6.45) is 0.856. The zero-order valence-corrected chi connectivity index (χ0v) is 11.1. The standard InChI is InChI=1S/C14H20N2O3/c1-2-19-13-4-3-11(7-12(13)15)14(18)16-6-5-10(8-16)9-17/h3-4,7,10,17H,2,5-6,8-9,15H2,1H3. The van der Waals surface area contributed by atoms with Gasteiger partial charge in [0.2, 0.25) is 0 Å². The number of aliphatic hydroxyl groups is 1. The molecule has 0 spiro atoms. The third-order valence-corrected chi connectivity index (χ3v) is 3.39. The fraction of sp³-hybridized carbons (Fsp3) is 0.500. The molecular formula is C14H20N2O3. The molecule has 1 aliphatic heterocycles. The van der Waals surface area contributed by atoms with E-state index in [9.17, 15) is 4.79 Å². The molecule has 1 fully saturated rings. The molecule has 1 heterocycles. The molecule has 0 aromatic heterocycles. The Kier molecular flexibility index (Phi) is 4.27. The van der Waals surface area contributed by atoms with Gasteiger partial charge in [0.25, 0.3) is 5.91 Å². The van der Waals surface area contributed by atoms with Gasteiger partial charge in [-0.2, -0.15) is 0 Å². The topological polar surface area (TPSA) is 75.8 Å². The van der Waals surface area contributed by atoms with Crippen LogP contribution in [0.2, 0.25) is 0 Å². The molecule has 5 heteroatoms. The van der Waals surface area contributed by atoms with Crippen molar-refractivity contribution in [1.82, 2.24) is 4.90 Å². The molecule has 2 rings (SSSR count). The van der Waals surface area contributed by atoms with E-state index in [4.69, 9.17) is 15.6 Å². The molecule has 1 unspecified atom stereocenters. The van der Waals surface area contributed by atoms with Gasteiger partial charge >= 0.3 is 0 Å². The number of nitrogens with two attached hydrogens (primary N) is 1. The Morgan fingerprint density at radius 2 is 2.37 bits per heavy atom. The van der Waals surface area contributed by atoms with Gasteiger partial charge < -0.3 is 20.5 Å². The number of amides is 1. The Hall–Kier alpha value is -1.75. The molecule has 3 N–H and O–H groups in total. The minimum atomic E-state index is -0.0364. The highest BCUT2D eigenvalue weighted by Crippen LogP contribution is 2.25. The Labute approximate surface area is 113 Å². The summed E-state index contributed by atoms with van der Waals surface area (Å²) in [5.41, 5.74) is 6.91. The predicted octanol–water partition coefficient (Wildman–Crippen LogP) is 1.12. The number of hydrogen-bond acceptors (Lipinski definition) is 4. The number of rotatable bonds is 4. The van der Waals surface area contributed by atoms with Crippen molar-refractivity contribution < 1.29 is 14.6 Å². The fourth-order valence-corrected chi connectivity index (χ4v) is 2.32. The first kappa shape index (κ1) is 13.7. The minimum Gasteiger partial charge on any atom is -0.492 e. The van der Waals surface area contributed by atoms with E-state index in [0.29, 0.717) is 36.7 Å². The molecule has 1 aromatic carbocycles. The number of ether oxygens (including phenoxy) is 1. The summed E-state index contributed by atoms with van der Waals surface area (Å²) in [6, 6.07) is 5.11. The molecule has 0 radical (unpaired) electrons. The van der Waals surface area contributed by atoms with Gasteiger partial charge in [-0.15, -0.1) is 0 Å². The summed E-state index contributed by atoms with van der Waals surface area (Å²) in [5, 5.41) is 9.10. The van der Waals surface area contributed by atoms with Crippen LogP contribution in [-0.4, -0.2) is 42.2 Å². The first-order chi connectivity index (χ1) is 9.15. The molecule has 1 saturated heterocycles. The van der Waals surface area contributed by atoms with Crippen molar-refractivity contribution in [3.8, 4) is 5.75 Å².